The van der Waals surface area contributed by atoms with Gasteiger partial charge in [0.2, 0.25) is 0 Å². The predicted molar refractivity (Wildman–Crippen MR) is 86.2 cm³/mol. The quantitative estimate of drug-likeness (QED) is 0.904. The van der Waals surface area contributed by atoms with Gasteiger partial charge in [-0.15, -0.1) is 0 Å². The maximum Gasteiger partial charge on any atom is 0.149 e. The van der Waals surface area contributed by atoms with Crippen molar-refractivity contribution in [3.63, 3.8) is 0 Å². The highest BCUT2D eigenvalue weighted by molar-refractivity contribution is 5.55. The fourth-order valence-electron chi connectivity index (χ4n) is 3.10. The Labute approximate surface area is 129 Å². The number of anilines is 2. The van der Waals surface area contributed by atoms with Gasteiger partial charge >= 0.3 is 0 Å². The highest BCUT2D eigenvalue weighted by atomic mass is 19.1. The van der Waals surface area contributed by atoms with E-state index in [0.717, 1.165) is 36.3 Å². The largest absolute Gasteiger partial charge is 0.382 e. The van der Waals surface area contributed by atoms with Crippen molar-refractivity contribution in [3.05, 3.63) is 41.3 Å². The van der Waals surface area contributed by atoms with Crippen LogP contribution >= 0.6 is 0 Å². The molecule has 1 aromatic carbocycles. The highest BCUT2D eigenvalue weighted by Crippen LogP contribution is 2.27. The van der Waals surface area contributed by atoms with E-state index in [1.54, 1.807) is 10.7 Å². The van der Waals surface area contributed by atoms with E-state index in [4.69, 9.17) is 5.73 Å². The average molecular weight is 303 g/mol. The maximum absolute atomic E-state index is 14.0. The van der Waals surface area contributed by atoms with Crippen LogP contribution in [0.3, 0.4) is 0 Å². The van der Waals surface area contributed by atoms with Crippen LogP contribution in [0.15, 0.2) is 24.4 Å². The van der Waals surface area contributed by atoms with Crippen molar-refractivity contribution in [2.45, 2.75) is 25.9 Å². The molecule has 3 N–H and O–H groups in total. The van der Waals surface area contributed by atoms with Crippen molar-refractivity contribution in [1.82, 2.24) is 15.1 Å². The molecule has 118 valence electrons. The zero-order chi connectivity index (χ0) is 15.7. The third-order valence-electron chi connectivity index (χ3n) is 4.21. The van der Waals surface area contributed by atoms with E-state index in [1.165, 1.54) is 6.07 Å². The van der Waals surface area contributed by atoms with Gasteiger partial charge in [0.25, 0.3) is 0 Å². The maximum atomic E-state index is 14.0. The molecule has 2 heterocycles. The van der Waals surface area contributed by atoms with Gasteiger partial charge in [0.05, 0.1) is 5.69 Å². The number of nitrogens with zero attached hydrogens (tertiary/aromatic N) is 3. The van der Waals surface area contributed by atoms with Crippen molar-refractivity contribution in [1.29, 1.82) is 0 Å². The number of aryl methyl sites for hydroxylation is 2. The van der Waals surface area contributed by atoms with E-state index < -0.39 is 0 Å². The van der Waals surface area contributed by atoms with Crippen molar-refractivity contribution in [3.8, 4) is 0 Å². The molecule has 22 heavy (non-hydrogen) atoms. The summed E-state index contributed by atoms with van der Waals surface area (Å²) in [7, 11) is 1.86. The standard InChI is InChI=1S/C16H22FN5/c1-11-4-3-5-14(17)15(11)22-7-6-13(10-22)19-8-12-9-21(2)20-16(12)18/h3-5,9,13,19H,6-8,10H2,1-2H3,(H2,18,20)/t13-/m1/s1. The molecule has 1 fully saturated rings. The van der Waals surface area contributed by atoms with Gasteiger partial charge in [-0.05, 0) is 25.0 Å². The summed E-state index contributed by atoms with van der Waals surface area (Å²) in [6, 6.07) is 5.57. The number of hydrogen-bond donors (Lipinski definition) is 2. The van der Waals surface area contributed by atoms with Crippen LogP contribution in [0.5, 0.6) is 0 Å². The first-order chi connectivity index (χ1) is 10.5. The first-order valence-corrected chi connectivity index (χ1v) is 7.56. The SMILES string of the molecule is Cc1cccc(F)c1N1CC[C@@H](NCc2cn(C)nc2N)C1. The lowest BCUT2D eigenvalue weighted by Crippen LogP contribution is -2.32. The molecule has 0 amide bonds. The van der Waals surface area contributed by atoms with E-state index in [1.807, 2.05) is 26.2 Å². The molecular weight excluding hydrogens is 281 g/mol. The fraction of sp³-hybridized carbons (Fsp3) is 0.438. The Morgan fingerprint density at radius 3 is 2.95 bits per heavy atom. The zero-order valence-corrected chi connectivity index (χ0v) is 13.0. The highest BCUT2D eigenvalue weighted by Gasteiger charge is 2.25. The first kappa shape index (κ1) is 14.8. The van der Waals surface area contributed by atoms with Crippen molar-refractivity contribution < 1.29 is 4.39 Å². The molecule has 5 nitrogen and oxygen atoms in total. The van der Waals surface area contributed by atoms with Gasteiger partial charge < -0.3 is 16.0 Å². The number of rotatable bonds is 4. The van der Waals surface area contributed by atoms with Crippen LogP contribution < -0.4 is 16.0 Å². The van der Waals surface area contributed by atoms with Gasteiger partial charge in [0.1, 0.15) is 11.6 Å². The van der Waals surface area contributed by atoms with Gasteiger partial charge in [-0.25, -0.2) is 4.39 Å². The molecule has 3 rings (SSSR count). The number of nitrogens with two attached hydrogens (primary N) is 1. The minimum atomic E-state index is -0.142. The van der Waals surface area contributed by atoms with Crippen LogP contribution in [-0.4, -0.2) is 28.9 Å². The summed E-state index contributed by atoms with van der Waals surface area (Å²) in [5, 5.41) is 7.63. The smallest absolute Gasteiger partial charge is 0.149 e. The number of halogens is 1. The Kier molecular flexibility index (Phi) is 4.02. The molecule has 0 aliphatic carbocycles. The summed E-state index contributed by atoms with van der Waals surface area (Å²) >= 11 is 0. The second-order valence-corrected chi connectivity index (χ2v) is 5.93. The van der Waals surface area contributed by atoms with Gasteiger partial charge in [-0.2, -0.15) is 5.10 Å². The van der Waals surface area contributed by atoms with Crippen molar-refractivity contribution in [2.75, 3.05) is 23.7 Å². The number of nitrogens with one attached hydrogen (secondary N) is 1. The van der Waals surface area contributed by atoms with E-state index in [-0.39, 0.29) is 5.82 Å². The van der Waals surface area contributed by atoms with E-state index in [0.29, 0.717) is 18.4 Å². The second-order valence-electron chi connectivity index (χ2n) is 5.93. The number of para-hydroxylation sites is 1. The van der Waals surface area contributed by atoms with E-state index in [9.17, 15) is 4.39 Å². The first-order valence-electron chi connectivity index (χ1n) is 7.56. The summed E-state index contributed by atoms with van der Waals surface area (Å²) in [5.41, 5.74) is 8.57. The van der Waals surface area contributed by atoms with Crippen LogP contribution in [0.25, 0.3) is 0 Å². The third-order valence-corrected chi connectivity index (χ3v) is 4.21. The number of nitrogen functional groups attached to an aromatic ring is 1. The lowest BCUT2D eigenvalue weighted by atomic mass is 10.2. The third kappa shape index (κ3) is 2.92. The van der Waals surface area contributed by atoms with Crippen LogP contribution in [-0.2, 0) is 13.6 Å². The summed E-state index contributed by atoms with van der Waals surface area (Å²) in [6.07, 6.45) is 2.92. The molecule has 0 bridgehead atoms. The summed E-state index contributed by atoms with van der Waals surface area (Å²) in [4.78, 5) is 2.12. The Bertz CT molecular complexity index is 646. The molecule has 1 atom stereocenters. The lowest BCUT2D eigenvalue weighted by Gasteiger charge is -2.21. The Balaban J connectivity index is 1.62. The molecular formula is C16H22FN5. The van der Waals surface area contributed by atoms with Crippen molar-refractivity contribution >= 4 is 11.5 Å². The topological polar surface area (TPSA) is 59.1 Å². The molecule has 2 aromatic rings. The summed E-state index contributed by atoms with van der Waals surface area (Å²) < 4.78 is 15.8. The predicted octanol–water partition coefficient (Wildman–Crippen LogP) is 1.82. The zero-order valence-electron chi connectivity index (χ0n) is 13.0. The minimum Gasteiger partial charge on any atom is -0.382 e. The molecule has 1 aliphatic heterocycles. The fourth-order valence-corrected chi connectivity index (χ4v) is 3.10. The number of hydrogen-bond acceptors (Lipinski definition) is 4. The Hall–Kier alpha value is -2.08. The van der Waals surface area contributed by atoms with Gasteiger partial charge in [-0.1, -0.05) is 12.1 Å². The molecule has 0 radical (unpaired) electrons. The average Bonchev–Trinajstić information content (AvgIpc) is 3.03. The molecule has 0 unspecified atom stereocenters. The molecule has 1 saturated heterocycles. The summed E-state index contributed by atoms with van der Waals surface area (Å²) in [6.45, 7) is 4.31. The molecule has 6 heteroatoms. The van der Waals surface area contributed by atoms with Crippen LogP contribution in [0.1, 0.15) is 17.5 Å². The van der Waals surface area contributed by atoms with Gasteiger partial charge in [-0.3, -0.25) is 4.68 Å². The molecule has 0 spiro atoms. The normalized spacial score (nSPS) is 18.1. The molecule has 1 aliphatic rings. The van der Waals surface area contributed by atoms with Crippen molar-refractivity contribution in [2.24, 2.45) is 7.05 Å². The Morgan fingerprint density at radius 1 is 1.45 bits per heavy atom. The summed E-state index contributed by atoms with van der Waals surface area (Å²) in [5.74, 6) is 0.423. The van der Waals surface area contributed by atoms with E-state index >= 15 is 0 Å². The monoisotopic (exact) mass is 303 g/mol. The molecule has 0 saturated carbocycles. The molecule has 1 aromatic heterocycles. The minimum absolute atomic E-state index is 0.142. The number of aromatic nitrogens is 2. The van der Waals surface area contributed by atoms with Crippen LogP contribution in [0.4, 0.5) is 15.9 Å². The van der Waals surface area contributed by atoms with E-state index in [2.05, 4.69) is 15.3 Å². The second kappa shape index (κ2) is 5.96. The van der Waals surface area contributed by atoms with Crippen LogP contribution in [0, 0.1) is 12.7 Å². The van der Waals surface area contributed by atoms with Gasteiger partial charge in [0, 0.05) is 44.5 Å². The van der Waals surface area contributed by atoms with Crippen LogP contribution in [0.2, 0.25) is 0 Å². The van der Waals surface area contributed by atoms with Gasteiger partial charge in [0.15, 0.2) is 0 Å². The lowest BCUT2D eigenvalue weighted by molar-refractivity contribution is 0.550. The number of benzene rings is 1. The Morgan fingerprint density at radius 2 is 2.27 bits per heavy atom.